The van der Waals surface area contributed by atoms with Crippen molar-refractivity contribution in [3.05, 3.63) is 23.7 Å². The van der Waals surface area contributed by atoms with Gasteiger partial charge in [-0.1, -0.05) is 13.8 Å². The van der Waals surface area contributed by atoms with Crippen molar-refractivity contribution in [2.45, 2.75) is 26.7 Å². The van der Waals surface area contributed by atoms with Crippen LogP contribution in [0.25, 0.3) is 0 Å². The van der Waals surface area contributed by atoms with Crippen LogP contribution in [0.4, 0.5) is 0 Å². The van der Waals surface area contributed by atoms with Crippen LogP contribution in [0.1, 0.15) is 42.8 Å². The lowest BCUT2D eigenvalue weighted by atomic mass is 10.0. The van der Waals surface area contributed by atoms with Gasteiger partial charge in [0.05, 0.1) is 6.26 Å². The van der Waals surface area contributed by atoms with Crippen molar-refractivity contribution in [2.24, 2.45) is 0 Å². The van der Waals surface area contributed by atoms with Crippen LogP contribution in [-0.2, 0) is 4.79 Å². The highest BCUT2D eigenvalue weighted by Gasteiger charge is 2.23. The summed E-state index contributed by atoms with van der Waals surface area (Å²) in [4.78, 5) is 23.9. The highest BCUT2D eigenvalue weighted by molar-refractivity contribution is 5.94. The second-order valence-electron chi connectivity index (χ2n) is 4.07. The molecule has 0 atom stereocenters. The van der Waals surface area contributed by atoms with Crippen molar-refractivity contribution in [3.8, 4) is 0 Å². The van der Waals surface area contributed by atoms with Gasteiger partial charge in [0.1, 0.15) is 6.54 Å². The molecule has 0 aliphatic rings. The van der Waals surface area contributed by atoms with Crippen molar-refractivity contribution in [2.75, 3.05) is 13.1 Å². The average Bonchev–Trinajstić information content (AvgIpc) is 2.73. The molecule has 0 saturated heterocycles. The lowest BCUT2D eigenvalue weighted by molar-refractivity contribution is -0.137. The van der Waals surface area contributed by atoms with E-state index in [2.05, 4.69) is 0 Å². The fourth-order valence-corrected chi connectivity index (χ4v) is 1.58. The van der Waals surface area contributed by atoms with Crippen molar-refractivity contribution in [3.63, 3.8) is 0 Å². The standard InChI is InChI=1S/C12H17NO4/c1-4-13(7-10(14)15)12(16)11-9(8(2)3)5-6-17-11/h5-6,8H,4,7H2,1-3H3,(H,14,15). The largest absolute Gasteiger partial charge is 0.480 e. The number of nitrogens with zero attached hydrogens (tertiary/aromatic N) is 1. The lowest BCUT2D eigenvalue weighted by Crippen LogP contribution is -2.35. The number of carboxylic acids is 1. The first-order valence-electron chi connectivity index (χ1n) is 5.55. The number of amides is 1. The fourth-order valence-electron chi connectivity index (χ4n) is 1.58. The maximum Gasteiger partial charge on any atom is 0.323 e. The molecule has 5 nitrogen and oxygen atoms in total. The van der Waals surface area contributed by atoms with Crippen LogP contribution in [0.15, 0.2) is 16.7 Å². The molecule has 0 aliphatic heterocycles. The van der Waals surface area contributed by atoms with Gasteiger partial charge in [-0.15, -0.1) is 0 Å². The van der Waals surface area contributed by atoms with Crippen molar-refractivity contribution < 1.29 is 19.1 Å². The van der Waals surface area contributed by atoms with Crippen LogP contribution in [0.5, 0.6) is 0 Å². The first-order valence-corrected chi connectivity index (χ1v) is 5.55. The Morgan fingerprint density at radius 1 is 1.47 bits per heavy atom. The van der Waals surface area contributed by atoms with Crippen LogP contribution < -0.4 is 0 Å². The summed E-state index contributed by atoms with van der Waals surface area (Å²) < 4.78 is 5.17. The Hall–Kier alpha value is -1.78. The summed E-state index contributed by atoms with van der Waals surface area (Å²) in [5.41, 5.74) is 0.804. The normalized spacial score (nSPS) is 10.6. The maximum absolute atomic E-state index is 12.1. The molecular formula is C12H17NO4. The number of aliphatic carboxylic acids is 1. The predicted molar refractivity (Wildman–Crippen MR) is 62.0 cm³/mol. The summed E-state index contributed by atoms with van der Waals surface area (Å²) in [6.07, 6.45) is 1.46. The van der Waals surface area contributed by atoms with Gasteiger partial charge in [-0.2, -0.15) is 0 Å². The van der Waals surface area contributed by atoms with Crippen LogP contribution in [0.3, 0.4) is 0 Å². The second kappa shape index (κ2) is 5.52. The van der Waals surface area contributed by atoms with E-state index in [-0.39, 0.29) is 24.1 Å². The van der Waals surface area contributed by atoms with Gasteiger partial charge < -0.3 is 14.4 Å². The molecule has 0 aliphatic carbocycles. The van der Waals surface area contributed by atoms with Gasteiger partial charge >= 0.3 is 5.97 Å². The predicted octanol–water partition coefficient (Wildman–Crippen LogP) is 1.95. The van der Waals surface area contributed by atoms with E-state index in [1.807, 2.05) is 13.8 Å². The molecule has 0 saturated carbocycles. The van der Waals surface area contributed by atoms with Crippen molar-refractivity contribution in [1.82, 2.24) is 4.90 Å². The molecule has 0 unspecified atom stereocenters. The zero-order chi connectivity index (χ0) is 13.0. The maximum atomic E-state index is 12.1. The Morgan fingerprint density at radius 3 is 2.59 bits per heavy atom. The monoisotopic (exact) mass is 239 g/mol. The van der Waals surface area contributed by atoms with Gasteiger partial charge in [-0.25, -0.2) is 0 Å². The minimum atomic E-state index is -1.03. The second-order valence-corrected chi connectivity index (χ2v) is 4.07. The van der Waals surface area contributed by atoms with E-state index in [1.165, 1.54) is 11.2 Å². The number of hydrogen-bond acceptors (Lipinski definition) is 3. The molecule has 17 heavy (non-hydrogen) atoms. The van der Waals surface area contributed by atoms with Gasteiger partial charge in [0, 0.05) is 12.1 Å². The summed E-state index contributed by atoms with van der Waals surface area (Å²) in [5.74, 6) is -0.999. The minimum Gasteiger partial charge on any atom is -0.480 e. The molecule has 94 valence electrons. The number of carbonyl (C=O) groups excluding carboxylic acids is 1. The summed E-state index contributed by atoms with van der Waals surface area (Å²) in [6.45, 7) is 5.67. The number of furan rings is 1. The molecule has 0 spiro atoms. The molecule has 0 radical (unpaired) electrons. The van der Waals surface area contributed by atoms with Gasteiger partial charge in [-0.3, -0.25) is 9.59 Å². The van der Waals surface area contributed by atoms with E-state index in [4.69, 9.17) is 9.52 Å². The lowest BCUT2D eigenvalue weighted by Gasteiger charge is -2.18. The van der Waals surface area contributed by atoms with E-state index in [1.54, 1.807) is 13.0 Å². The Kier molecular flexibility index (Phi) is 4.31. The van der Waals surface area contributed by atoms with Crippen molar-refractivity contribution >= 4 is 11.9 Å². The minimum absolute atomic E-state index is 0.163. The number of hydrogen-bond donors (Lipinski definition) is 1. The third-order valence-corrected chi connectivity index (χ3v) is 2.51. The van der Waals surface area contributed by atoms with E-state index >= 15 is 0 Å². The van der Waals surface area contributed by atoms with E-state index < -0.39 is 5.97 Å². The van der Waals surface area contributed by atoms with Gasteiger partial charge in [-0.05, 0) is 18.9 Å². The molecule has 0 aromatic carbocycles. The summed E-state index contributed by atoms with van der Waals surface area (Å²) in [5, 5.41) is 8.72. The van der Waals surface area contributed by atoms with Crippen LogP contribution >= 0.6 is 0 Å². The average molecular weight is 239 g/mol. The van der Waals surface area contributed by atoms with E-state index in [9.17, 15) is 9.59 Å². The topological polar surface area (TPSA) is 70.8 Å². The number of carboxylic acid groups (broad SMARTS) is 1. The van der Waals surface area contributed by atoms with Crippen LogP contribution in [-0.4, -0.2) is 35.0 Å². The van der Waals surface area contributed by atoms with Gasteiger partial charge in [0.25, 0.3) is 5.91 Å². The molecule has 1 heterocycles. The molecular weight excluding hydrogens is 222 g/mol. The van der Waals surface area contributed by atoms with E-state index in [0.717, 1.165) is 5.56 Å². The smallest absolute Gasteiger partial charge is 0.323 e. The Balaban J connectivity index is 2.93. The Morgan fingerprint density at radius 2 is 2.12 bits per heavy atom. The number of rotatable bonds is 5. The molecule has 1 aromatic rings. The molecule has 1 aromatic heterocycles. The summed E-state index contributed by atoms with van der Waals surface area (Å²) in [7, 11) is 0. The van der Waals surface area contributed by atoms with Crippen LogP contribution in [0, 0.1) is 0 Å². The fraction of sp³-hybridized carbons (Fsp3) is 0.500. The molecule has 1 N–H and O–H groups in total. The highest BCUT2D eigenvalue weighted by atomic mass is 16.4. The first-order chi connectivity index (χ1) is 7.97. The molecule has 0 bridgehead atoms. The van der Waals surface area contributed by atoms with Gasteiger partial charge in [0.2, 0.25) is 0 Å². The van der Waals surface area contributed by atoms with Gasteiger partial charge in [0.15, 0.2) is 5.76 Å². The quantitative estimate of drug-likeness (QED) is 0.852. The Bertz CT molecular complexity index is 408. The first kappa shape index (κ1) is 13.3. The number of likely N-dealkylation sites (N-methyl/N-ethyl adjacent to an activating group) is 1. The third-order valence-electron chi connectivity index (χ3n) is 2.51. The summed E-state index contributed by atoms with van der Waals surface area (Å²) >= 11 is 0. The van der Waals surface area contributed by atoms with Crippen LogP contribution in [0.2, 0.25) is 0 Å². The zero-order valence-electron chi connectivity index (χ0n) is 10.3. The molecule has 1 amide bonds. The number of carbonyl (C=O) groups is 2. The van der Waals surface area contributed by atoms with E-state index in [0.29, 0.717) is 6.54 Å². The van der Waals surface area contributed by atoms with Crippen molar-refractivity contribution in [1.29, 1.82) is 0 Å². The molecule has 5 heteroatoms. The Labute approximate surface area is 100 Å². The third kappa shape index (κ3) is 3.09. The molecule has 0 fully saturated rings. The highest BCUT2D eigenvalue weighted by Crippen LogP contribution is 2.21. The summed E-state index contributed by atoms with van der Waals surface area (Å²) in [6, 6.07) is 1.74. The SMILES string of the molecule is CCN(CC(=O)O)C(=O)c1occc1C(C)C. The zero-order valence-corrected chi connectivity index (χ0v) is 10.3. The molecule has 1 rings (SSSR count).